The monoisotopic (exact) mass is 354 g/mol. The van der Waals surface area contributed by atoms with E-state index in [0.29, 0.717) is 6.61 Å². The number of hydrogen-bond donors (Lipinski definition) is 0. The van der Waals surface area contributed by atoms with Gasteiger partial charge in [-0.3, -0.25) is 0 Å². The van der Waals surface area contributed by atoms with E-state index in [9.17, 15) is 4.39 Å². The second kappa shape index (κ2) is 8.84. The summed E-state index contributed by atoms with van der Waals surface area (Å²) in [6.45, 7) is 0.204. The highest BCUT2D eigenvalue weighted by Crippen LogP contribution is 2.54. The van der Waals surface area contributed by atoms with Crippen molar-refractivity contribution in [2.75, 3.05) is 26.1 Å². The molecule has 4 heteroatoms. The number of benzene rings is 2. The van der Waals surface area contributed by atoms with Crippen molar-refractivity contribution in [1.29, 1.82) is 0 Å². The van der Waals surface area contributed by atoms with Crippen molar-refractivity contribution in [3.63, 3.8) is 0 Å². The Labute approximate surface area is 149 Å². The lowest BCUT2D eigenvalue weighted by Crippen LogP contribution is -2.36. The minimum atomic E-state index is -1.95. The maximum Gasteiger partial charge on any atom is 0.192 e. The Bertz CT molecular complexity index is 656. The van der Waals surface area contributed by atoms with Gasteiger partial charge in [-0.15, -0.1) is 0 Å². The summed E-state index contributed by atoms with van der Waals surface area (Å²) in [4.78, 5) is 4.72. The molecule has 2 nitrogen and oxygen atoms in total. The minimum absolute atomic E-state index is 0.145. The van der Waals surface area contributed by atoms with Gasteiger partial charge in [-0.2, -0.15) is 0 Å². The highest BCUT2D eigenvalue weighted by atomic mass is 31.2. The first-order valence-electron chi connectivity index (χ1n) is 8.42. The first-order valence-corrected chi connectivity index (χ1v) is 10.4. The Kier molecular flexibility index (Phi) is 6.27. The fraction of sp³-hybridized carbons (Fsp3) is 0.190. The molecule has 3 rings (SSSR count). The van der Waals surface area contributed by atoms with Crippen LogP contribution in [-0.4, -0.2) is 31.0 Å². The van der Waals surface area contributed by atoms with Gasteiger partial charge in [0.15, 0.2) is 5.44 Å². The lowest BCUT2D eigenvalue weighted by molar-refractivity contribution is 0.132. The van der Waals surface area contributed by atoms with Crippen molar-refractivity contribution < 1.29 is 9.13 Å². The van der Waals surface area contributed by atoms with E-state index in [2.05, 4.69) is 54.6 Å². The summed E-state index contributed by atoms with van der Waals surface area (Å²) in [5.74, 6) is 0. The zero-order valence-electron chi connectivity index (χ0n) is 14.1. The smallest absolute Gasteiger partial charge is 0.192 e. The van der Waals surface area contributed by atoms with Crippen molar-refractivity contribution in [2.45, 2.75) is 0 Å². The van der Waals surface area contributed by atoms with E-state index in [1.54, 1.807) is 0 Å². The summed E-state index contributed by atoms with van der Waals surface area (Å²) in [5, 5.41) is 2.53. The van der Waals surface area contributed by atoms with Gasteiger partial charge in [0.05, 0.1) is 19.4 Å². The molecular weight excluding hydrogens is 332 g/mol. The van der Waals surface area contributed by atoms with Crippen LogP contribution >= 0.6 is 7.26 Å². The molecular formula is C21H22FNOP+. The summed E-state index contributed by atoms with van der Waals surface area (Å²) >= 11 is 0. The van der Waals surface area contributed by atoms with Crippen LogP contribution in [0.3, 0.4) is 0 Å². The Morgan fingerprint density at radius 3 is 1.88 bits per heavy atom. The van der Waals surface area contributed by atoms with Crippen molar-refractivity contribution in [3.8, 4) is 0 Å². The van der Waals surface area contributed by atoms with E-state index >= 15 is 0 Å². The number of ether oxygens (including phenoxy) is 1. The molecule has 0 amide bonds. The third kappa shape index (κ3) is 3.95. The summed E-state index contributed by atoms with van der Waals surface area (Å²) in [5.41, 5.74) is 1.08. The minimum Gasteiger partial charge on any atom is -0.375 e. The van der Waals surface area contributed by atoms with Crippen molar-refractivity contribution >= 4 is 23.3 Å². The third-order valence-corrected chi connectivity index (χ3v) is 8.49. The van der Waals surface area contributed by atoms with E-state index in [0.717, 1.165) is 11.6 Å². The van der Waals surface area contributed by atoms with E-state index in [1.807, 2.05) is 30.5 Å². The SMILES string of the molecule is FCCOCC[P+](c1ccccc1)(c1ccccc1)c1ccccn1. The largest absolute Gasteiger partial charge is 0.375 e. The van der Waals surface area contributed by atoms with Gasteiger partial charge in [0.1, 0.15) is 24.5 Å². The highest BCUT2D eigenvalue weighted by molar-refractivity contribution is 7.95. The van der Waals surface area contributed by atoms with Gasteiger partial charge in [0.2, 0.25) is 0 Å². The molecule has 0 bridgehead atoms. The molecule has 0 unspecified atom stereocenters. The second-order valence-corrected chi connectivity index (χ2v) is 9.25. The molecule has 0 N–H and O–H groups in total. The molecule has 0 aliphatic heterocycles. The van der Waals surface area contributed by atoms with Crippen LogP contribution in [0.4, 0.5) is 4.39 Å². The fourth-order valence-electron chi connectivity index (χ4n) is 3.09. The topological polar surface area (TPSA) is 22.1 Å². The van der Waals surface area contributed by atoms with E-state index in [-0.39, 0.29) is 6.61 Å². The lowest BCUT2D eigenvalue weighted by Gasteiger charge is -2.26. The second-order valence-electron chi connectivity index (χ2n) is 5.69. The molecule has 0 aliphatic carbocycles. The van der Waals surface area contributed by atoms with Crippen LogP contribution in [0.25, 0.3) is 0 Å². The van der Waals surface area contributed by atoms with Crippen molar-refractivity contribution in [3.05, 3.63) is 85.1 Å². The summed E-state index contributed by atoms with van der Waals surface area (Å²) in [6.07, 6.45) is 2.65. The van der Waals surface area contributed by atoms with Gasteiger partial charge in [0.25, 0.3) is 0 Å². The van der Waals surface area contributed by atoms with E-state index in [4.69, 9.17) is 9.72 Å². The van der Waals surface area contributed by atoms with Crippen LogP contribution < -0.4 is 16.0 Å². The van der Waals surface area contributed by atoms with Gasteiger partial charge in [-0.05, 0) is 30.3 Å². The van der Waals surface area contributed by atoms with Gasteiger partial charge < -0.3 is 4.74 Å². The molecule has 128 valence electrons. The zero-order valence-corrected chi connectivity index (χ0v) is 15.0. The van der Waals surface area contributed by atoms with Crippen LogP contribution in [-0.2, 0) is 4.74 Å². The maximum atomic E-state index is 12.5. The fourth-order valence-corrected chi connectivity index (χ4v) is 7.03. The van der Waals surface area contributed by atoms with Crippen LogP contribution in [0, 0.1) is 0 Å². The number of hydrogen-bond acceptors (Lipinski definition) is 2. The summed E-state index contributed by atoms with van der Waals surface area (Å²) in [7, 11) is -1.95. The Hall–Kier alpha value is -2.09. The van der Waals surface area contributed by atoms with Gasteiger partial charge >= 0.3 is 0 Å². The molecule has 25 heavy (non-hydrogen) atoms. The molecule has 0 fully saturated rings. The number of rotatable bonds is 8. The molecule has 0 saturated carbocycles. The average molecular weight is 354 g/mol. The normalized spacial score (nSPS) is 11.4. The molecule has 0 aliphatic rings. The van der Waals surface area contributed by atoms with Crippen LogP contribution in [0.15, 0.2) is 85.1 Å². The highest BCUT2D eigenvalue weighted by Gasteiger charge is 2.46. The summed E-state index contributed by atoms with van der Waals surface area (Å²) in [6, 6.07) is 27.1. The van der Waals surface area contributed by atoms with Crippen molar-refractivity contribution in [2.24, 2.45) is 0 Å². The molecule has 1 aromatic heterocycles. The quantitative estimate of drug-likeness (QED) is 0.457. The number of nitrogens with zero attached hydrogens (tertiary/aromatic N) is 1. The molecule has 0 spiro atoms. The Morgan fingerprint density at radius 2 is 1.36 bits per heavy atom. The van der Waals surface area contributed by atoms with Gasteiger partial charge in [-0.25, -0.2) is 9.37 Å². The molecule has 0 saturated heterocycles. The van der Waals surface area contributed by atoms with Gasteiger partial charge in [0, 0.05) is 12.3 Å². The number of aromatic nitrogens is 1. The predicted octanol–water partition coefficient (Wildman–Crippen LogP) is 3.36. The van der Waals surface area contributed by atoms with Crippen LogP contribution in [0.1, 0.15) is 0 Å². The molecule has 0 atom stereocenters. The zero-order chi connectivity index (χ0) is 17.4. The Balaban J connectivity index is 2.13. The molecule has 3 aromatic rings. The summed E-state index contributed by atoms with van der Waals surface area (Å²) < 4.78 is 18.0. The van der Waals surface area contributed by atoms with Crippen molar-refractivity contribution in [1.82, 2.24) is 4.98 Å². The van der Waals surface area contributed by atoms with Crippen LogP contribution in [0.5, 0.6) is 0 Å². The first-order chi connectivity index (χ1) is 12.4. The predicted molar refractivity (Wildman–Crippen MR) is 105 cm³/mol. The van der Waals surface area contributed by atoms with E-state index in [1.165, 1.54) is 10.6 Å². The Morgan fingerprint density at radius 1 is 0.760 bits per heavy atom. The molecule has 0 radical (unpaired) electrons. The number of pyridine rings is 1. The number of alkyl halides is 1. The average Bonchev–Trinajstić information content (AvgIpc) is 2.70. The number of halogens is 1. The molecule has 1 heterocycles. The van der Waals surface area contributed by atoms with Crippen LogP contribution in [0.2, 0.25) is 0 Å². The van der Waals surface area contributed by atoms with E-state index < -0.39 is 13.9 Å². The third-order valence-electron chi connectivity index (χ3n) is 4.23. The standard InChI is InChI=1S/C21H22FNOP/c22-14-16-24-17-18-25(19-9-3-1-4-10-19,20-11-5-2-6-12-20)21-13-7-8-15-23-21/h1-13,15H,14,16-18H2/q+1. The van der Waals surface area contributed by atoms with Gasteiger partial charge in [-0.1, -0.05) is 42.5 Å². The first kappa shape index (κ1) is 17.7. The lowest BCUT2D eigenvalue weighted by atomic mass is 10.4. The molecule has 2 aromatic carbocycles. The maximum absolute atomic E-state index is 12.5.